The highest BCUT2D eigenvalue weighted by molar-refractivity contribution is 6.03. The van der Waals surface area contributed by atoms with Gasteiger partial charge in [0.2, 0.25) is 0 Å². The molecule has 3 heteroatoms. The van der Waals surface area contributed by atoms with Crippen LogP contribution in [0.1, 0.15) is 68.2 Å². The normalized spacial score (nSPS) is 18.7. The summed E-state index contributed by atoms with van der Waals surface area (Å²) in [6.45, 7) is 11.8. The van der Waals surface area contributed by atoms with Crippen molar-refractivity contribution in [2.24, 2.45) is 5.41 Å². The summed E-state index contributed by atoms with van der Waals surface area (Å²) in [5, 5.41) is 0. The first kappa shape index (κ1) is 17.7. The zero-order chi connectivity index (χ0) is 17.4. The molecule has 0 aliphatic heterocycles. The van der Waals surface area contributed by atoms with Crippen molar-refractivity contribution in [3.8, 4) is 0 Å². The zero-order valence-electron chi connectivity index (χ0n) is 15.2. The van der Waals surface area contributed by atoms with Crippen molar-refractivity contribution in [3.63, 3.8) is 0 Å². The molecule has 1 aliphatic rings. The Morgan fingerprint density at radius 2 is 1.61 bits per heavy atom. The molecule has 1 fully saturated rings. The molecule has 1 saturated carbocycles. The van der Waals surface area contributed by atoms with Gasteiger partial charge in [0.15, 0.2) is 0 Å². The molecule has 0 spiro atoms. The van der Waals surface area contributed by atoms with Gasteiger partial charge in [-0.1, -0.05) is 31.0 Å². The summed E-state index contributed by atoms with van der Waals surface area (Å²) in [5.74, 6) is -0.294. The standard InChI is InChI=1S/C20H28O3/c1-12-10-13(2)18(14(3)11-12)15(4)16(5)23-19(22)20(17(6)21)8-7-9-20/h10-11,15-16H,7-9H2,1-6H3. The third-order valence-corrected chi connectivity index (χ3v) is 5.46. The molecular formula is C20H28O3. The molecular weight excluding hydrogens is 288 g/mol. The summed E-state index contributed by atoms with van der Waals surface area (Å²) in [6.07, 6.45) is 1.93. The molecule has 0 heterocycles. The number of aryl methyl sites for hydroxylation is 3. The van der Waals surface area contributed by atoms with Gasteiger partial charge in [0.25, 0.3) is 0 Å². The van der Waals surface area contributed by atoms with Gasteiger partial charge in [0, 0.05) is 5.92 Å². The zero-order valence-corrected chi connectivity index (χ0v) is 15.2. The molecule has 3 nitrogen and oxygen atoms in total. The third-order valence-electron chi connectivity index (χ3n) is 5.46. The smallest absolute Gasteiger partial charge is 0.319 e. The Morgan fingerprint density at radius 1 is 1.09 bits per heavy atom. The molecule has 0 bridgehead atoms. The van der Waals surface area contributed by atoms with Gasteiger partial charge in [-0.15, -0.1) is 0 Å². The maximum absolute atomic E-state index is 12.5. The number of carbonyl (C=O) groups excluding carboxylic acids is 2. The summed E-state index contributed by atoms with van der Waals surface area (Å²) in [5.41, 5.74) is 4.06. The molecule has 0 amide bonds. The second-order valence-corrected chi connectivity index (χ2v) is 7.20. The molecule has 1 aliphatic carbocycles. The van der Waals surface area contributed by atoms with Crippen LogP contribution in [0.5, 0.6) is 0 Å². The number of Topliss-reactive ketones (excluding diaryl/α,β-unsaturated/α-hetero) is 1. The highest BCUT2D eigenvalue weighted by Crippen LogP contribution is 2.43. The van der Waals surface area contributed by atoms with Crippen LogP contribution in [0.2, 0.25) is 0 Å². The summed E-state index contributed by atoms with van der Waals surface area (Å²) >= 11 is 0. The summed E-state index contributed by atoms with van der Waals surface area (Å²) in [6, 6.07) is 4.33. The minimum Gasteiger partial charge on any atom is -0.461 e. The van der Waals surface area contributed by atoms with Gasteiger partial charge in [0.05, 0.1) is 0 Å². The Morgan fingerprint density at radius 3 is 2.00 bits per heavy atom. The van der Waals surface area contributed by atoms with E-state index in [1.54, 1.807) is 0 Å². The summed E-state index contributed by atoms with van der Waals surface area (Å²) in [7, 11) is 0. The van der Waals surface area contributed by atoms with Gasteiger partial charge >= 0.3 is 5.97 Å². The van der Waals surface area contributed by atoms with Crippen molar-refractivity contribution in [2.75, 3.05) is 0 Å². The number of ketones is 1. The largest absolute Gasteiger partial charge is 0.461 e. The van der Waals surface area contributed by atoms with Gasteiger partial charge in [-0.05, 0) is 64.2 Å². The van der Waals surface area contributed by atoms with Crippen LogP contribution in [0, 0.1) is 26.2 Å². The Hall–Kier alpha value is -1.64. The highest BCUT2D eigenvalue weighted by Gasteiger charge is 2.50. The maximum atomic E-state index is 12.5. The first-order chi connectivity index (χ1) is 10.7. The molecule has 2 unspecified atom stereocenters. The fourth-order valence-electron chi connectivity index (χ4n) is 3.76. The van der Waals surface area contributed by atoms with Crippen molar-refractivity contribution in [3.05, 3.63) is 34.4 Å². The van der Waals surface area contributed by atoms with Crippen molar-refractivity contribution >= 4 is 11.8 Å². The van der Waals surface area contributed by atoms with Crippen LogP contribution in [0.3, 0.4) is 0 Å². The van der Waals surface area contributed by atoms with Crippen LogP contribution in [-0.2, 0) is 14.3 Å². The second kappa shape index (κ2) is 6.46. The molecule has 0 saturated heterocycles. The van der Waals surface area contributed by atoms with E-state index in [1.165, 1.54) is 29.2 Å². The fourth-order valence-corrected chi connectivity index (χ4v) is 3.76. The average molecular weight is 316 g/mol. The van der Waals surface area contributed by atoms with E-state index in [0.717, 1.165) is 6.42 Å². The SMILES string of the molecule is CC(=O)C1(C(=O)OC(C)C(C)c2c(C)cc(C)cc2C)CCC1. The van der Waals surface area contributed by atoms with Crippen molar-refractivity contribution < 1.29 is 14.3 Å². The predicted molar refractivity (Wildman–Crippen MR) is 91.6 cm³/mol. The lowest BCUT2D eigenvalue weighted by Gasteiger charge is -2.38. The second-order valence-electron chi connectivity index (χ2n) is 7.20. The molecule has 23 heavy (non-hydrogen) atoms. The van der Waals surface area contributed by atoms with Gasteiger partial charge in [-0.3, -0.25) is 9.59 Å². The van der Waals surface area contributed by atoms with E-state index in [1.807, 2.05) is 6.92 Å². The average Bonchev–Trinajstić information content (AvgIpc) is 2.34. The van der Waals surface area contributed by atoms with E-state index in [0.29, 0.717) is 12.8 Å². The Labute approximate surface area is 139 Å². The lowest BCUT2D eigenvalue weighted by atomic mass is 9.66. The minimum absolute atomic E-state index is 0.0590. The minimum atomic E-state index is -0.870. The number of rotatable bonds is 5. The fraction of sp³-hybridized carbons (Fsp3) is 0.600. The van der Waals surface area contributed by atoms with E-state index in [4.69, 9.17) is 4.74 Å². The van der Waals surface area contributed by atoms with Crippen LogP contribution in [0.25, 0.3) is 0 Å². The van der Waals surface area contributed by atoms with Crippen LogP contribution >= 0.6 is 0 Å². The lowest BCUT2D eigenvalue weighted by molar-refractivity contribution is -0.170. The number of hydrogen-bond acceptors (Lipinski definition) is 3. The first-order valence-corrected chi connectivity index (χ1v) is 8.49. The van der Waals surface area contributed by atoms with E-state index in [9.17, 15) is 9.59 Å². The molecule has 2 rings (SSSR count). The van der Waals surface area contributed by atoms with Crippen molar-refractivity contribution in [1.82, 2.24) is 0 Å². The van der Waals surface area contributed by atoms with Crippen molar-refractivity contribution in [2.45, 2.75) is 72.8 Å². The quantitative estimate of drug-likeness (QED) is 0.597. The van der Waals surface area contributed by atoms with Gasteiger partial charge < -0.3 is 4.74 Å². The van der Waals surface area contributed by atoms with Crippen LogP contribution < -0.4 is 0 Å². The molecule has 0 radical (unpaired) electrons. The predicted octanol–water partition coefficient (Wildman–Crippen LogP) is 4.41. The molecule has 126 valence electrons. The summed E-state index contributed by atoms with van der Waals surface area (Å²) < 4.78 is 5.72. The van der Waals surface area contributed by atoms with Gasteiger partial charge in [-0.25, -0.2) is 0 Å². The van der Waals surface area contributed by atoms with Crippen LogP contribution in [0.4, 0.5) is 0 Å². The van der Waals surface area contributed by atoms with E-state index in [2.05, 4.69) is 39.8 Å². The number of esters is 1. The van der Waals surface area contributed by atoms with Crippen LogP contribution in [0.15, 0.2) is 12.1 Å². The molecule has 1 aromatic rings. The van der Waals surface area contributed by atoms with Gasteiger partial charge in [-0.2, -0.15) is 0 Å². The number of ether oxygens (including phenoxy) is 1. The maximum Gasteiger partial charge on any atom is 0.319 e. The van der Waals surface area contributed by atoms with E-state index >= 15 is 0 Å². The molecule has 0 aromatic heterocycles. The summed E-state index contributed by atoms with van der Waals surface area (Å²) in [4.78, 5) is 24.4. The van der Waals surface area contributed by atoms with E-state index in [-0.39, 0.29) is 23.8 Å². The van der Waals surface area contributed by atoms with E-state index < -0.39 is 5.41 Å². The van der Waals surface area contributed by atoms with Crippen molar-refractivity contribution in [1.29, 1.82) is 0 Å². The topological polar surface area (TPSA) is 43.4 Å². The molecule has 1 aromatic carbocycles. The monoisotopic (exact) mass is 316 g/mol. The Kier molecular flexibility index (Phi) is 4.98. The number of benzene rings is 1. The molecule has 0 N–H and O–H groups in total. The van der Waals surface area contributed by atoms with Crippen LogP contribution in [-0.4, -0.2) is 17.9 Å². The first-order valence-electron chi connectivity index (χ1n) is 8.49. The van der Waals surface area contributed by atoms with Gasteiger partial charge in [0.1, 0.15) is 17.3 Å². The number of carbonyl (C=O) groups is 2. The third kappa shape index (κ3) is 3.19. The molecule has 2 atom stereocenters. The highest BCUT2D eigenvalue weighted by atomic mass is 16.5. The Balaban J connectivity index is 2.16. The Bertz CT molecular complexity index is 603. The lowest BCUT2D eigenvalue weighted by Crippen LogP contribution is -2.46. The number of hydrogen-bond donors (Lipinski definition) is 0.